The van der Waals surface area contributed by atoms with Crippen LogP contribution in [-0.2, 0) is 11.2 Å². The number of fused-ring (bicyclic) bond motifs is 1. The Balaban J connectivity index is 2.00. The number of nitrogens with zero attached hydrogens (tertiary/aromatic N) is 2. The summed E-state index contributed by atoms with van der Waals surface area (Å²) < 4.78 is 11.1. The number of aliphatic hydroxyl groups excluding tert-OH is 1. The van der Waals surface area contributed by atoms with Crippen LogP contribution in [0.5, 0.6) is 5.75 Å². The molecule has 0 saturated carbocycles. The van der Waals surface area contributed by atoms with E-state index in [4.69, 9.17) is 9.47 Å². The molecule has 0 aromatic heterocycles. The Hall–Kier alpha value is -1.86. The summed E-state index contributed by atoms with van der Waals surface area (Å²) in [6, 6.07) is 3.29. The highest BCUT2D eigenvalue weighted by Crippen LogP contribution is 2.42. The van der Waals surface area contributed by atoms with E-state index in [2.05, 4.69) is 0 Å². The fourth-order valence-electron chi connectivity index (χ4n) is 2.83. The molecule has 2 aliphatic rings. The number of benzene rings is 1. The molecule has 0 spiro atoms. The molecule has 0 radical (unpaired) electrons. The van der Waals surface area contributed by atoms with Crippen LogP contribution in [0.1, 0.15) is 12.5 Å². The average Bonchev–Trinajstić information content (AvgIpc) is 2.83. The third-order valence-corrected chi connectivity index (χ3v) is 3.96. The van der Waals surface area contributed by atoms with Crippen molar-refractivity contribution >= 4 is 11.4 Å². The van der Waals surface area contributed by atoms with Crippen molar-refractivity contribution in [3.8, 4) is 5.75 Å². The van der Waals surface area contributed by atoms with E-state index < -0.39 is 5.60 Å². The van der Waals surface area contributed by atoms with Crippen LogP contribution in [0.15, 0.2) is 12.1 Å². The van der Waals surface area contributed by atoms with Gasteiger partial charge in [-0.15, -0.1) is 0 Å². The summed E-state index contributed by atoms with van der Waals surface area (Å²) in [7, 11) is 0. The molecule has 3 rings (SSSR count). The van der Waals surface area contributed by atoms with E-state index in [0.717, 1.165) is 5.56 Å². The highest BCUT2D eigenvalue weighted by Gasteiger charge is 2.37. The predicted molar refractivity (Wildman–Crippen MR) is 76.0 cm³/mol. The number of ether oxygens (including phenoxy) is 2. The molecular weight excluding hydrogens is 276 g/mol. The molecule has 1 fully saturated rings. The van der Waals surface area contributed by atoms with Gasteiger partial charge >= 0.3 is 0 Å². The Morgan fingerprint density at radius 2 is 2.14 bits per heavy atom. The van der Waals surface area contributed by atoms with Crippen molar-refractivity contribution in [1.82, 2.24) is 0 Å². The van der Waals surface area contributed by atoms with Crippen LogP contribution in [0.4, 0.5) is 11.4 Å². The molecule has 0 amide bonds. The summed E-state index contributed by atoms with van der Waals surface area (Å²) in [6.07, 6.45) is 0.475. The van der Waals surface area contributed by atoms with Crippen LogP contribution in [-0.4, -0.2) is 48.5 Å². The molecule has 7 heteroatoms. The normalized spacial score (nSPS) is 24.6. The number of aliphatic hydroxyl groups is 1. The van der Waals surface area contributed by atoms with Gasteiger partial charge in [0.05, 0.1) is 24.7 Å². The lowest BCUT2D eigenvalue weighted by atomic mass is 9.99. The van der Waals surface area contributed by atoms with E-state index in [-0.39, 0.29) is 17.2 Å². The SMILES string of the molecule is CC1(CO)Cc2cc([N+](=O)[O-])c(N3CCOCC3)cc2O1. The second-order valence-electron chi connectivity index (χ2n) is 5.69. The van der Waals surface area contributed by atoms with Crippen LogP contribution in [0.25, 0.3) is 0 Å². The van der Waals surface area contributed by atoms with E-state index in [9.17, 15) is 15.2 Å². The molecule has 1 atom stereocenters. The zero-order valence-electron chi connectivity index (χ0n) is 11.9. The van der Waals surface area contributed by atoms with Gasteiger partial charge in [-0.25, -0.2) is 0 Å². The molecule has 1 unspecified atom stereocenters. The van der Waals surface area contributed by atoms with Gasteiger partial charge in [0, 0.05) is 37.2 Å². The highest BCUT2D eigenvalue weighted by atomic mass is 16.6. The van der Waals surface area contributed by atoms with Gasteiger partial charge in [-0.3, -0.25) is 10.1 Å². The van der Waals surface area contributed by atoms with Crippen molar-refractivity contribution in [3.63, 3.8) is 0 Å². The number of nitro benzene ring substituents is 1. The van der Waals surface area contributed by atoms with Crippen molar-refractivity contribution in [2.75, 3.05) is 37.8 Å². The number of hydrogen-bond acceptors (Lipinski definition) is 6. The topological polar surface area (TPSA) is 85.1 Å². The lowest BCUT2D eigenvalue weighted by Crippen LogP contribution is -2.36. The number of nitro groups is 1. The number of hydrogen-bond donors (Lipinski definition) is 1. The van der Waals surface area contributed by atoms with Crippen molar-refractivity contribution in [2.24, 2.45) is 0 Å². The van der Waals surface area contributed by atoms with E-state index in [1.54, 1.807) is 19.1 Å². The van der Waals surface area contributed by atoms with Gasteiger partial charge in [0.1, 0.15) is 17.0 Å². The van der Waals surface area contributed by atoms with Gasteiger partial charge in [-0.1, -0.05) is 0 Å². The maximum absolute atomic E-state index is 11.4. The molecule has 0 aliphatic carbocycles. The van der Waals surface area contributed by atoms with Crippen LogP contribution >= 0.6 is 0 Å². The second-order valence-corrected chi connectivity index (χ2v) is 5.69. The van der Waals surface area contributed by atoms with Crippen molar-refractivity contribution < 1.29 is 19.5 Å². The molecule has 2 aliphatic heterocycles. The van der Waals surface area contributed by atoms with E-state index in [1.807, 2.05) is 4.90 Å². The largest absolute Gasteiger partial charge is 0.484 e. The zero-order chi connectivity index (χ0) is 15.0. The molecule has 2 heterocycles. The summed E-state index contributed by atoms with van der Waals surface area (Å²) in [5, 5.41) is 20.8. The minimum absolute atomic E-state index is 0.0847. The maximum Gasteiger partial charge on any atom is 0.293 e. The van der Waals surface area contributed by atoms with E-state index in [1.165, 1.54) is 0 Å². The fourth-order valence-corrected chi connectivity index (χ4v) is 2.83. The molecule has 7 nitrogen and oxygen atoms in total. The van der Waals surface area contributed by atoms with Gasteiger partial charge in [0.2, 0.25) is 0 Å². The smallest absolute Gasteiger partial charge is 0.293 e. The van der Waals surface area contributed by atoms with E-state index in [0.29, 0.717) is 44.2 Å². The summed E-state index contributed by atoms with van der Waals surface area (Å²) in [4.78, 5) is 12.9. The van der Waals surface area contributed by atoms with E-state index >= 15 is 0 Å². The maximum atomic E-state index is 11.4. The lowest BCUT2D eigenvalue weighted by molar-refractivity contribution is -0.384. The lowest BCUT2D eigenvalue weighted by Gasteiger charge is -2.28. The fraction of sp³-hybridized carbons (Fsp3) is 0.571. The second kappa shape index (κ2) is 5.16. The quantitative estimate of drug-likeness (QED) is 0.664. The molecule has 1 saturated heterocycles. The Labute approximate surface area is 122 Å². The molecule has 1 N–H and O–H groups in total. The monoisotopic (exact) mass is 294 g/mol. The molecule has 114 valence electrons. The van der Waals surface area contributed by atoms with Crippen LogP contribution in [0.3, 0.4) is 0 Å². The third kappa shape index (κ3) is 2.54. The predicted octanol–water partition coefficient (Wildman–Crippen LogP) is 1.12. The first-order valence-electron chi connectivity index (χ1n) is 6.96. The first-order chi connectivity index (χ1) is 10.0. The summed E-state index contributed by atoms with van der Waals surface area (Å²) >= 11 is 0. The average molecular weight is 294 g/mol. The minimum atomic E-state index is -0.695. The van der Waals surface area contributed by atoms with Crippen LogP contribution in [0.2, 0.25) is 0 Å². The molecule has 1 aromatic carbocycles. The van der Waals surface area contributed by atoms with Gasteiger partial charge in [-0.2, -0.15) is 0 Å². The number of morpholine rings is 1. The Morgan fingerprint density at radius 3 is 2.76 bits per heavy atom. The van der Waals surface area contributed by atoms with Crippen molar-refractivity contribution in [1.29, 1.82) is 0 Å². The molecule has 1 aromatic rings. The van der Waals surface area contributed by atoms with Gasteiger partial charge in [0.25, 0.3) is 5.69 Å². The van der Waals surface area contributed by atoms with Crippen LogP contribution in [0, 0.1) is 10.1 Å². The third-order valence-electron chi connectivity index (χ3n) is 3.96. The first kappa shape index (κ1) is 14.1. The molecule has 0 bridgehead atoms. The Morgan fingerprint density at radius 1 is 1.43 bits per heavy atom. The Kier molecular flexibility index (Phi) is 3.46. The molecular formula is C14H18N2O5. The van der Waals surface area contributed by atoms with Crippen LogP contribution < -0.4 is 9.64 Å². The summed E-state index contributed by atoms with van der Waals surface area (Å²) in [5.41, 5.74) is 0.723. The Bertz CT molecular complexity index is 571. The highest BCUT2D eigenvalue weighted by molar-refractivity contribution is 5.69. The standard InChI is InChI=1S/C14H18N2O5/c1-14(9-17)8-10-6-12(16(18)19)11(7-13(10)21-14)15-2-4-20-5-3-15/h6-7,17H,2-5,8-9H2,1H3. The van der Waals surface area contributed by atoms with Gasteiger partial charge in [-0.05, 0) is 6.92 Å². The molecule has 21 heavy (non-hydrogen) atoms. The summed E-state index contributed by atoms with van der Waals surface area (Å²) in [6.45, 7) is 4.04. The van der Waals surface area contributed by atoms with Gasteiger partial charge in [0.15, 0.2) is 0 Å². The number of anilines is 1. The zero-order valence-corrected chi connectivity index (χ0v) is 11.9. The van der Waals surface area contributed by atoms with Crippen molar-refractivity contribution in [3.05, 3.63) is 27.8 Å². The van der Waals surface area contributed by atoms with Gasteiger partial charge < -0.3 is 19.5 Å². The number of rotatable bonds is 3. The summed E-state index contributed by atoms with van der Waals surface area (Å²) in [5.74, 6) is 0.624. The first-order valence-corrected chi connectivity index (χ1v) is 6.96. The minimum Gasteiger partial charge on any atom is -0.484 e. The van der Waals surface area contributed by atoms with Crippen molar-refractivity contribution in [2.45, 2.75) is 18.9 Å².